The fraction of sp³-hybridized carbons (Fsp3) is 0.700. The molecule has 0 bridgehead atoms. The molecule has 0 fully saturated rings. The van der Waals surface area contributed by atoms with Crippen LogP contribution in [0, 0.1) is 0 Å². The molecule has 0 unspecified atom stereocenters. The smallest absolute Gasteiger partial charge is 0.399 e. The number of nitrogens with zero attached hydrogens (tertiary/aromatic N) is 1. The number of esters is 1. The number of ether oxygens (including phenoxy) is 1. The second-order valence-corrected chi connectivity index (χ2v) is 5.04. The number of hydrogen-bond donors (Lipinski definition) is 1. The van der Waals surface area contributed by atoms with Gasteiger partial charge in [-0.3, -0.25) is 4.18 Å². The van der Waals surface area contributed by atoms with Crippen LogP contribution in [0.2, 0.25) is 0 Å². The molecule has 0 aliphatic carbocycles. The molecular weight excluding hydrogens is 276 g/mol. The third-order valence-electron chi connectivity index (χ3n) is 1.10. The summed E-state index contributed by atoms with van der Waals surface area (Å²) in [6.07, 6.45) is 0. The average molecular weight is 300 g/mol. The Hall–Kier alpha value is -1.00. The van der Waals surface area contributed by atoms with E-state index in [1.54, 1.807) is 0 Å². The summed E-state index contributed by atoms with van der Waals surface area (Å²) in [5.74, 6) is -0.594. The Morgan fingerprint density at radius 1 is 1.21 bits per heavy atom. The van der Waals surface area contributed by atoms with Gasteiger partial charge in [-0.15, -0.1) is 0 Å². The zero-order chi connectivity index (χ0) is 14.8. The van der Waals surface area contributed by atoms with E-state index in [9.17, 15) is 13.2 Å². The molecule has 3 N–H and O–H groups in total. The fourth-order valence-corrected chi connectivity index (χ4v) is 0.810. The fourth-order valence-electron chi connectivity index (χ4n) is 0.442. The number of carbonyl (C=O) groups is 1. The summed E-state index contributed by atoms with van der Waals surface area (Å²) in [6, 6.07) is 0. The van der Waals surface area contributed by atoms with Crippen LogP contribution in [-0.2, 0) is 28.3 Å². The summed E-state index contributed by atoms with van der Waals surface area (Å²) in [5, 5.41) is 0. The van der Waals surface area contributed by atoms with Gasteiger partial charge in [-0.1, -0.05) is 6.58 Å². The van der Waals surface area contributed by atoms with Crippen LogP contribution in [0.5, 0.6) is 0 Å². The van der Waals surface area contributed by atoms with E-state index in [-0.39, 0.29) is 24.9 Å². The predicted octanol–water partition coefficient (Wildman–Crippen LogP) is 0.353. The highest BCUT2D eigenvalue weighted by Gasteiger charge is 2.09. The molecule has 0 aliphatic rings. The van der Waals surface area contributed by atoms with Crippen LogP contribution in [0.4, 0.5) is 0 Å². The lowest BCUT2D eigenvalue weighted by atomic mass is 10.4. The molecule has 0 atom stereocenters. The molecule has 0 saturated carbocycles. The highest BCUT2D eigenvalue weighted by molar-refractivity contribution is 7.81. The lowest BCUT2D eigenvalue weighted by Gasteiger charge is -2.04. The molecule has 0 heterocycles. The van der Waals surface area contributed by atoms with Gasteiger partial charge >= 0.3 is 16.4 Å². The number of hydrogen-bond acceptors (Lipinski definition) is 8. The number of rotatable bonds is 6. The number of carbonyl (C=O) groups excluding carboxylic acids is 1. The maximum absolute atomic E-state index is 10.8. The quantitative estimate of drug-likeness (QED) is 0.424. The second kappa shape index (κ2) is 12.1. The Bertz CT molecular complexity index is 350. The molecule has 19 heavy (non-hydrogen) atoms. The molecule has 0 aromatic rings. The molecule has 0 aromatic carbocycles. The van der Waals surface area contributed by atoms with Crippen LogP contribution in [0.3, 0.4) is 0 Å². The van der Waals surface area contributed by atoms with E-state index in [4.69, 9.17) is 0 Å². The first-order valence-corrected chi connectivity index (χ1v) is 6.34. The van der Waals surface area contributed by atoms with Crippen molar-refractivity contribution in [2.75, 3.05) is 41.5 Å². The van der Waals surface area contributed by atoms with Crippen molar-refractivity contribution in [1.82, 2.24) is 11.1 Å². The van der Waals surface area contributed by atoms with Crippen molar-refractivity contribution in [1.29, 1.82) is 0 Å². The van der Waals surface area contributed by atoms with Crippen molar-refractivity contribution in [2.45, 2.75) is 6.92 Å². The van der Waals surface area contributed by atoms with Crippen molar-refractivity contribution in [2.24, 2.45) is 0 Å². The molecule has 0 spiro atoms. The van der Waals surface area contributed by atoms with Gasteiger partial charge in [0.2, 0.25) is 0 Å². The van der Waals surface area contributed by atoms with Crippen LogP contribution in [-0.4, -0.2) is 60.8 Å². The molecule has 116 valence electrons. The van der Waals surface area contributed by atoms with E-state index in [1.165, 1.54) is 6.92 Å². The minimum atomic E-state index is -3.95. The Morgan fingerprint density at radius 3 is 1.95 bits per heavy atom. The Balaban J connectivity index is -0.000000448. The van der Waals surface area contributed by atoms with E-state index in [0.29, 0.717) is 0 Å². The third-order valence-corrected chi connectivity index (χ3v) is 1.96. The van der Waals surface area contributed by atoms with Gasteiger partial charge in [-0.2, -0.15) is 8.42 Å². The molecule has 9 heteroatoms. The highest BCUT2D eigenvalue weighted by atomic mass is 32.3. The first-order chi connectivity index (χ1) is 8.12. The highest BCUT2D eigenvalue weighted by Crippen LogP contribution is 1.95. The summed E-state index contributed by atoms with van der Waals surface area (Å²) < 4.78 is 33.9. The van der Waals surface area contributed by atoms with Gasteiger partial charge in [-0.05, 0) is 28.1 Å². The Kier molecular flexibility index (Phi) is 14.7. The molecule has 0 rings (SSSR count). The van der Waals surface area contributed by atoms with Gasteiger partial charge in [0.25, 0.3) is 0 Å². The normalized spacial score (nSPS) is 10.0. The largest absolute Gasteiger partial charge is 0.460 e. The van der Waals surface area contributed by atoms with Gasteiger partial charge < -0.3 is 15.8 Å². The van der Waals surface area contributed by atoms with Crippen molar-refractivity contribution in [3.63, 3.8) is 0 Å². The Labute approximate surface area is 115 Å². The SMILES string of the molecule is C=C(C)C(=O)OCCOS(=O)(=O)OC.CN(C)C.N. The summed E-state index contributed by atoms with van der Waals surface area (Å²) >= 11 is 0. The third kappa shape index (κ3) is 19.5. The van der Waals surface area contributed by atoms with Crippen LogP contribution in [0.25, 0.3) is 0 Å². The van der Waals surface area contributed by atoms with Crippen molar-refractivity contribution < 1.29 is 26.3 Å². The summed E-state index contributed by atoms with van der Waals surface area (Å²) in [4.78, 5) is 12.8. The molecule has 0 radical (unpaired) electrons. The lowest BCUT2D eigenvalue weighted by Crippen LogP contribution is -2.15. The van der Waals surface area contributed by atoms with E-state index in [1.807, 2.05) is 26.0 Å². The summed E-state index contributed by atoms with van der Waals surface area (Å²) in [6.45, 7) is 4.37. The molecule has 8 nitrogen and oxygen atoms in total. The van der Waals surface area contributed by atoms with Crippen LogP contribution in [0.1, 0.15) is 6.92 Å². The average Bonchev–Trinajstić information content (AvgIpc) is 2.23. The topological polar surface area (TPSA) is 117 Å². The zero-order valence-electron chi connectivity index (χ0n) is 12.1. The zero-order valence-corrected chi connectivity index (χ0v) is 12.9. The van der Waals surface area contributed by atoms with Crippen molar-refractivity contribution >= 4 is 16.4 Å². The maximum atomic E-state index is 10.8. The van der Waals surface area contributed by atoms with E-state index >= 15 is 0 Å². The first kappa shape index (κ1) is 23.1. The minimum absolute atomic E-state index is 0. The van der Waals surface area contributed by atoms with Crippen LogP contribution in [0.15, 0.2) is 12.2 Å². The van der Waals surface area contributed by atoms with Crippen LogP contribution < -0.4 is 6.15 Å². The first-order valence-electron chi connectivity index (χ1n) is 5.01. The van der Waals surface area contributed by atoms with Crippen molar-refractivity contribution in [3.8, 4) is 0 Å². The standard InChI is InChI=1S/C7H12O6S.C3H9N.H3N/c1-6(2)7(8)12-4-5-13-14(9,10)11-3;1-4(2)3;/h1,4-5H2,2-3H3;1-3H3;1H3. The van der Waals surface area contributed by atoms with Gasteiger partial charge in [0.1, 0.15) is 13.2 Å². The predicted molar refractivity (Wildman–Crippen MR) is 72.3 cm³/mol. The summed E-state index contributed by atoms with van der Waals surface area (Å²) in [7, 11) is 3.02. The van der Waals surface area contributed by atoms with Gasteiger partial charge in [0.15, 0.2) is 0 Å². The van der Waals surface area contributed by atoms with Crippen molar-refractivity contribution in [3.05, 3.63) is 12.2 Å². The molecule has 0 amide bonds. The van der Waals surface area contributed by atoms with Gasteiger partial charge in [-0.25, -0.2) is 8.98 Å². The molecule has 0 aliphatic heterocycles. The van der Waals surface area contributed by atoms with E-state index in [0.717, 1.165) is 7.11 Å². The second-order valence-electron chi connectivity index (χ2n) is 3.65. The Morgan fingerprint density at radius 2 is 1.63 bits per heavy atom. The summed E-state index contributed by atoms with van der Waals surface area (Å²) in [5.41, 5.74) is 0.236. The maximum Gasteiger partial charge on any atom is 0.399 e. The van der Waals surface area contributed by atoms with Gasteiger partial charge in [0, 0.05) is 5.57 Å². The molecule has 0 aromatic heterocycles. The van der Waals surface area contributed by atoms with E-state index in [2.05, 4.69) is 19.7 Å². The monoisotopic (exact) mass is 300 g/mol. The molecule has 0 saturated heterocycles. The van der Waals surface area contributed by atoms with Gasteiger partial charge in [0.05, 0.1) is 7.11 Å². The van der Waals surface area contributed by atoms with Crippen LogP contribution >= 0.6 is 0 Å². The minimum Gasteiger partial charge on any atom is -0.460 e. The molecular formula is C10H24N2O6S. The lowest BCUT2D eigenvalue weighted by molar-refractivity contribution is -0.139. The van der Waals surface area contributed by atoms with E-state index < -0.39 is 16.4 Å².